The predicted molar refractivity (Wildman–Crippen MR) is 124 cm³/mol. The number of anilines is 1. The van der Waals surface area contributed by atoms with Gasteiger partial charge in [-0.05, 0) is 79.1 Å². The van der Waals surface area contributed by atoms with E-state index in [1.807, 2.05) is 6.07 Å². The molecule has 2 aliphatic rings. The Morgan fingerprint density at radius 3 is 2.47 bits per heavy atom. The van der Waals surface area contributed by atoms with Gasteiger partial charge in [-0.3, -0.25) is 0 Å². The summed E-state index contributed by atoms with van der Waals surface area (Å²) in [7, 11) is 0. The second-order valence-electron chi connectivity index (χ2n) is 8.81. The minimum absolute atomic E-state index is 0.342. The number of hydrogen-bond donors (Lipinski definition) is 1. The lowest BCUT2D eigenvalue weighted by molar-refractivity contribution is 0.305. The summed E-state index contributed by atoms with van der Waals surface area (Å²) in [6.07, 6.45) is 5.87. The minimum Gasteiger partial charge on any atom is -0.489 e. The molecule has 0 amide bonds. The van der Waals surface area contributed by atoms with Gasteiger partial charge in [0.25, 0.3) is 0 Å². The van der Waals surface area contributed by atoms with E-state index >= 15 is 0 Å². The molecule has 1 aliphatic heterocycles. The van der Waals surface area contributed by atoms with Crippen molar-refractivity contribution in [2.45, 2.75) is 45.8 Å². The molecular weight excluding hydrogens is 366 g/mol. The van der Waals surface area contributed by atoms with Gasteiger partial charge in [0, 0.05) is 11.6 Å². The molecule has 0 saturated heterocycles. The van der Waals surface area contributed by atoms with Crippen molar-refractivity contribution in [2.24, 2.45) is 5.92 Å². The van der Waals surface area contributed by atoms with E-state index in [1.54, 1.807) is 0 Å². The van der Waals surface area contributed by atoms with E-state index in [0.717, 1.165) is 12.2 Å². The lowest BCUT2D eigenvalue weighted by atomic mass is 9.75. The second-order valence-corrected chi connectivity index (χ2v) is 8.81. The highest BCUT2D eigenvalue weighted by atomic mass is 16.5. The maximum Gasteiger partial charge on any atom is 0.120 e. The van der Waals surface area contributed by atoms with Crippen LogP contribution in [0.5, 0.6) is 5.75 Å². The molecular formula is C28H29NO. The summed E-state index contributed by atoms with van der Waals surface area (Å²) in [6, 6.07) is 21.9. The van der Waals surface area contributed by atoms with E-state index in [9.17, 15) is 0 Å². The molecule has 3 atom stereocenters. The van der Waals surface area contributed by atoms with E-state index in [4.69, 9.17) is 4.74 Å². The quantitative estimate of drug-likeness (QED) is 0.479. The van der Waals surface area contributed by atoms with Crippen LogP contribution >= 0.6 is 0 Å². The molecule has 0 saturated carbocycles. The van der Waals surface area contributed by atoms with Crippen LogP contribution in [0.2, 0.25) is 0 Å². The summed E-state index contributed by atoms with van der Waals surface area (Å²) in [6.45, 7) is 7.29. The Balaban J connectivity index is 1.45. The third-order valence-electron chi connectivity index (χ3n) is 6.63. The Bertz CT molecular complexity index is 1080. The van der Waals surface area contributed by atoms with Crippen molar-refractivity contribution in [1.82, 2.24) is 0 Å². The third kappa shape index (κ3) is 3.41. The average Bonchev–Trinajstić information content (AvgIpc) is 3.23. The molecule has 0 radical (unpaired) electrons. The van der Waals surface area contributed by atoms with E-state index in [0.29, 0.717) is 24.5 Å². The maximum absolute atomic E-state index is 6.12. The molecule has 152 valence electrons. The molecule has 1 N–H and O–H groups in total. The van der Waals surface area contributed by atoms with Gasteiger partial charge in [0.2, 0.25) is 0 Å². The summed E-state index contributed by atoms with van der Waals surface area (Å²) in [5.41, 5.74) is 9.37. The van der Waals surface area contributed by atoms with Crippen molar-refractivity contribution in [1.29, 1.82) is 0 Å². The summed E-state index contributed by atoms with van der Waals surface area (Å²) in [4.78, 5) is 0. The highest BCUT2D eigenvalue weighted by Gasteiger charge is 2.39. The lowest BCUT2D eigenvalue weighted by Gasteiger charge is -2.39. The number of benzene rings is 3. The van der Waals surface area contributed by atoms with Gasteiger partial charge in [-0.2, -0.15) is 0 Å². The topological polar surface area (TPSA) is 21.3 Å². The van der Waals surface area contributed by atoms with Crippen LogP contribution in [0.3, 0.4) is 0 Å². The summed E-state index contributed by atoms with van der Waals surface area (Å²) >= 11 is 0. The van der Waals surface area contributed by atoms with Crippen LogP contribution in [0, 0.1) is 26.7 Å². The first-order chi connectivity index (χ1) is 14.6. The van der Waals surface area contributed by atoms with Crippen molar-refractivity contribution < 1.29 is 4.74 Å². The summed E-state index contributed by atoms with van der Waals surface area (Å²) in [5, 5.41) is 3.89. The molecule has 30 heavy (non-hydrogen) atoms. The molecule has 3 unspecified atom stereocenters. The molecule has 1 aliphatic carbocycles. The largest absolute Gasteiger partial charge is 0.489 e. The van der Waals surface area contributed by atoms with Crippen molar-refractivity contribution in [3.05, 3.63) is 106 Å². The Morgan fingerprint density at radius 2 is 1.70 bits per heavy atom. The molecule has 5 rings (SSSR count). The van der Waals surface area contributed by atoms with Gasteiger partial charge in [-0.1, -0.05) is 60.2 Å². The third-order valence-corrected chi connectivity index (χ3v) is 6.63. The molecule has 0 spiro atoms. The fraction of sp³-hybridized carbons (Fsp3) is 0.286. The Hall–Kier alpha value is -3.00. The predicted octanol–water partition coefficient (Wildman–Crippen LogP) is 7.02. The highest BCUT2D eigenvalue weighted by Crippen LogP contribution is 2.51. The van der Waals surface area contributed by atoms with E-state index in [-0.39, 0.29) is 0 Å². The number of ether oxygens (including phenoxy) is 1. The van der Waals surface area contributed by atoms with Gasteiger partial charge in [0.1, 0.15) is 12.4 Å². The normalized spacial score (nSPS) is 21.6. The Kier molecular flexibility index (Phi) is 4.86. The van der Waals surface area contributed by atoms with Crippen LogP contribution < -0.4 is 10.1 Å². The molecule has 0 aromatic heterocycles. The van der Waals surface area contributed by atoms with E-state index in [1.165, 1.54) is 39.1 Å². The maximum atomic E-state index is 6.12. The number of nitrogens with one attached hydrogen (secondary N) is 1. The Labute approximate surface area is 179 Å². The molecule has 0 fully saturated rings. The average molecular weight is 396 g/mol. The fourth-order valence-corrected chi connectivity index (χ4v) is 5.37. The first-order valence-corrected chi connectivity index (χ1v) is 10.9. The first kappa shape index (κ1) is 19.0. The summed E-state index contributed by atoms with van der Waals surface area (Å²) in [5.74, 6) is 1.92. The molecule has 2 heteroatoms. The molecule has 2 nitrogen and oxygen atoms in total. The zero-order valence-corrected chi connectivity index (χ0v) is 18.0. The highest BCUT2D eigenvalue weighted by molar-refractivity contribution is 5.62. The van der Waals surface area contributed by atoms with Gasteiger partial charge in [-0.25, -0.2) is 0 Å². The van der Waals surface area contributed by atoms with Crippen LogP contribution in [0.15, 0.2) is 72.8 Å². The zero-order valence-electron chi connectivity index (χ0n) is 18.0. The SMILES string of the molecule is Cc1cc(C)c(C2Nc3ccc(OCc4ccccc4)cc3C3C=CCC32)c(C)c1. The number of hydrogen-bond acceptors (Lipinski definition) is 2. The van der Waals surface area contributed by atoms with Gasteiger partial charge in [-0.15, -0.1) is 0 Å². The van der Waals surface area contributed by atoms with E-state index < -0.39 is 0 Å². The molecule has 3 aromatic rings. The number of aryl methyl sites for hydroxylation is 3. The molecule has 3 aromatic carbocycles. The summed E-state index contributed by atoms with van der Waals surface area (Å²) < 4.78 is 6.12. The van der Waals surface area contributed by atoms with Crippen LogP contribution in [0.25, 0.3) is 0 Å². The first-order valence-electron chi connectivity index (χ1n) is 10.9. The van der Waals surface area contributed by atoms with Crippen molar-refractivity contribution in [3.8, 4) is 5.75 Å². The number of fused-ring (bicyclic) bond motifs is 3. The van der Waals surface area contributed by atoms with Gasteiger partial charge >= 0.3 is 0 Å². The van der Waals surface area contributed by atoms with Crippen molar-refractivity contribution in [2.75, 3.05) is 5.32 Å². The zero-order chi connectivity index (χ0) is 20.7. The smallest absolute Gasteiger partial charge is 0.120 e. The number of allylic oxidation sites excluding steroid dienone is 2. The van der Waals surface area contributed by atoms with Gasteiger partial charge < -0.3 is 10.1 Å². The standard InChI is InChI=1S/C28H29NO/c1-18-14-19(2)27(20(3)15-18)28-24-11-7-10-23(24)25-16-22(12-13-26(25)29-28)30-17-21-8-5-4-6-9-21/h4-10,12-16,23-24,28-29H,11,17H2,1-3H3. The minimum atomic E-state index is 0.342. The van der Waals surface area contributed by atoms with Crippen molar-refractivity contribution >= 4 is 5.69 Å². The van der Waals surface area contributed by atoms with Crippen LogP contribution in [-0.4, -0.2) is 0 Å². The van der Waals surface area contributed by atoms with Crippen LogP contribution in [-0.2, 0) is 6.61 Å². The molecule has 0 bridgehead atoms. The number of rotatable bonds is 4. The van der Waals surface area contributed by atoms with Crippen LogP contribution in [0.1, 0.15) is 51.8 Å². The van der Waals surface area contributed by atoms with E-state index in [2.05, 4.69) is 92.8 Å². The monoisotopic (exact) mass is 395 g/mol. The van der Waals surface area contributed by atoms with Gasteiger partial charge in [0.05, 0.1) is 6.04 Å². The lowest BCUT2D eigenvalue weighted by Crippen LogP contribution is -2.30. The van der Waals surface area contributed by atoms with Gasteiger partial charge in [0.15, 0.2) is 0 Å². The molecule has 1 heterocycles. The van der Waals surface area contributed by atoms with Crippen molar-refractivity contribution in [3.63, 3.8) is 0 Å². The fourth-order valence-electron chi connectivity index (χ4n) is 5.37. The Morgan fingerprint density at radius 1 is 0.933 bits per heavy atom. The van der Waals surface area contributed by atoms with Crippen LogP contribution in [0.4, 0.5) is 5.69 Å². The second kappa shape index (κ2) is 7.68.